The van der Waals surface area contributed by atoms with Crippen LogP contribution in [0.2, 0.25) is 0 Å². The molecule has 0 saturated carbocycles. The monoisotopic (exact) mass is 413 g/mol. The molecule has 0 bridgehead atoms. The molecule has 0 radical (unpaired) electrons. The molecule has 0 saturated heterocycles. The van der Waals surface area contributed by atoms with E-state index >= 15 is 0 Å². The van der Waals surface area contributed by atoms with E-state index in [1.807, 2.05) is 75.4 Å². The molecule has 0 atom stereocenters. The van der Waals surface area contributed by atoms with Gasteiger partial charge in [0.05, 0.1) is 0 Å². The largest absolute Gasteiger partial charge is 0.483 e. The van der Waals surface area contributed by atoms with Crippen LogP contribution in [0.3, 0.4) is 0 Å². The third kappa shape index (κ3) is 4.21. The van der Waals surface area contributed by atoms with E-state index in [2.05, 4.69) is 5.32 Å². The van der Waals surface area contributed by atoms with Crippen LogP contribution >= 0.6 is 0 Å². The molecule has 1 amide bonds. The summed E-state index contributed by atoms with van der Waals surface area (Å²) in [6, 6.07) is 20.7. The Morgan fingerprint density at radius 3 is 2.35 bits per heavy atom. The number of para-hydroxylation sites is 1. The first kappa shape index (κ1) is 20.4. The van der Waals surface area contributed by atoms with Crippen molar-refractivity contribution in [3.05, 3.63) is 93.8 Å². The number of benzene rings is 3. The summed E-state index contributed by atoms with van der Waals surface area (Å²) in [6.07, 6.45) is 0. The van der Waals surface area contributed by atoms with E-state index in [1.165, 1.54) is 6.07 Å². The molecule has 5 heteroatoms. The van der Waals surface area contributed by atoms with Crippen LogP contribution in [0.4, 0.5) is 5.69 Å². The molecule has 156 valence electrons. The van der Waals surface area contributed by atoms with Crippen LogP contribution in [0.5, 0.6) is 5.75 Å². The number of hydrogen-bond acceptors (Lipinski definition) is 4. The standard InChI is InChI=1S/C26H23NO4/c1-16-8-7-9-17(2)25(16)27-23(28)15-30-22-13-12-20-21(19-10-5-4-6-11-19)14-24(29)31-26(20)18(22)3/h4-14H,15H2,1-3H3,(H,27,28). The first-order valence-electron chi connectivity index (χ1n) is 10.1. The summed E-state index contributed by atoms with van der Waals surface area (Å²) in [7, 11) is 0. The summed E-state index contributed by atoms with van der Waals surface area (Å²) in [5, 5.41) is 3.72. The maximum absolute atomic E-state index is 12.4. The van der Waals surface area contributed by atoms with Crippen LogP contribution in [-0.4, -0.2) is 12.5 Å². The Morgan fingerprint density at radius 2 is 1.65 bits per heavy atom. The Hall–Kier alpha value is -3.86. The van der Waals surface area contributed by atoms with E-state index in [0.29, 0.717) is 16.9 Å². The van der Waals surface area contributed by atoms with Gasteiger partial charge in [0.25, 0.3) is 5.91 Å². The summed E-state index contributed by atoms with van der Waals surface area (Å²) in [5.74, 6) is 0.244. The van der Waals surface area contributed by atoms with Gasteiger partial charge in [-0.25, -0.2) is 4.79 Å². The van der Waals surface area contributed by atoms with Gasteiger partial charge in [-0.15, -0.1) is 0 Å². The second kappa shape index (κ2) is 8.48. The van der Waals surface area contributed by atoms with Crippen molar-refractivity contribution in [2.45, 2.75) is 20.8 Å². The minimum absolute atomic E-state index is 0.150. The third-order valence-corrected chi connectivity index (χ3v) is 5.30. The summed E-state index contributed by atoms with van der Waals surface area (Å²) < 4.78 is 11.3. The fourth-order valence-corrected chi connectivity index (χ4v) is 3.69. The number of fused-ring (bicyclic) bond motifs is 1. The molecule has 0 unspecified atom stereocenters. The predicted molar refractivity (Wildman–Crippen MR) is 123 cm³/mol. The molecular weight excluding hydrogens is 390 g/mol. The van der Waals surface area contributed by atoms with Gasteiger partial charge in [-0.2, -0.15) is 0 Å². The zero-order valence-electron chi connectivity index (χ0n) is 17.7. The predicted octanol–water partition coefficient (Wildman–Crippen LogP) is 5.40. The van der Waals surface area contributed by atoms with E-state index in [0.717, 1.165) is 33.3 Å². The van der Waals surface area contributed by atoms with Crippen molar-refractivity contribution in [1.29, 1.82) is 0 Å². The van der Waals surface area contributed by atoms with Crippen molar-refractivity contribution in [1.82, 2.24) is 0 Å². The van der Waals surface area contributed by atoms with Crippen molar-refractivity contribution >= 4 is 22.6 Å². The molecule has 0 aliphatic heterocycles. The Balaban J connectivity index is 1.60. The molecule has 0 spiro atoms. The average molecular weight is 413 g/mol. The molecule has 5 nitrogen and oxygen atoms in total. The van der Waals surface area contributed by atoms with Gasteiger partial charge in [0.1, 0.15) is 11.3 Å². The lowest BCUT2D eigenvalue weighted by atomic mass is 10.0. The van der Waals surface area contributed by atoms with E-state index in [9.17, 15) is 9.59 Å². The Kier molecular flexibility index (Phi) is 5.58. The van der Waals surface area contributed by atoms with Gasteiger partial charge in [-0.1, -0.05) is 48.5 Å². The molecule has 3 aromatic carbocycles. The molecule has 0 aliphatic rings. The highest BCUT2D eigenvalue weighted by Crippen LogP contribution is 2.33. The molecule has 4 rings (SSSR count). The molecule has 1 heterocycles. The van der Waals surface area contributed by atoms with Gasteiger partial charge in [0.15, 0.2) is 6.61 Å². The lowest BCUT2D eigenvalue weighted by Crippen LogP contribution is -2.21. The first-order valence-corrected chi connectivity index (χ1v) is 10.1. The number of nitrogens with one attached hydrogen (secondary N) is 1. The van der Waals surface area contributed by atoms with Crippen molar-refractivity contribution in [3.8, 4) is 16.9 Å². The zero-order chi connectivity index (χ0) is 22.0. The topological polar surface area (TPSA) is 68.5 Å². The van der Waals surface area contributed by atoms with Crippen LogP contribution in [0.15, 0.2) is 75.9 Å². The average Bonchev–Trinajstić information content (AvgIpc) is 2.76. The lowest BCUT2D eigenvalue weighted by molar-refractivity contribution is -0.118. The second-order valence-corrected chi connectivity index (χ2v) is 7.51. The SMILES string of the molecule is Cc1cccc(C)c1NC(=O)COc1ccc2c(-c3ccccc3)cc(=O)oc2c1C. The first-order chi connectivity index (χ1) is 14.9. The number of ether oxygens (including phenoxy) is 1. The minimum atomic E-state index is -0.431. The number of aryl methyl sites for hydroxylation is 3. The van der Waals surface area contributed by atoms with Gasteiger partial charge in [-0.3, -0.25) is 4.79 Å². The molecule has 1 N–H and O–H groups in total. The highest BCUT2D eigenvalue weighted by Gasteiger charge is 2.14. The van der Waals surface area contributed by atoms with E-state index < -0.39 is 5.63 Å². The van der Waals surface area contributed by atoms with Crippen LogP contribution in [0, 0.1) is 20.8 Å². The zero-order valence-corrected chi connectivity index (χ0v) is 17.7. The van der Waals surface area contributed by atoms with Gasteiger partial charge in [0, 0.05) is 22.7 Å². The number of hydrogen-bond donors (Lipinski definition) is 1. The van der Waals surface area contributed by atoms with E-state index in [4.69, 9.17) is 9.15 Å². The second-order valence-electron chi connectivity index (χ2n) is 7.51. The van der Waals surface area contributed by atoms with Gasteiger partial charge in [0.2, 0.25) is 0 Å². The van der Waals surface area contributed by atoms with Crippen LogP contribution in [-0.2, 0) is 4.79 Å². The summed E-state index contributed by atoms with van der Waals surface area (Å²) in [6.45, 7) is 5.56. The number of anilines is 1. The Labute approximate surface area is 180 Å². The van der Waals surface area contributed by atoms with Gasteiger partial charge >= 0.3 is 5.63 Å². The lowest BCUT2D eigenvalue weighted by Gasteiger charge is -2.14. The van der Waals surface area contributed by atoms with Gasteiger partial charge < -0.3 is 14.5 Å². The van der Waals surface area contributed by atoms with Crippen LogP contribution in [0.1, 0.15) is 16.7 Å². The molecule has 31 heavy (non-hydrogen) atoms. The summed E-state index contributed by atoms with van der Waals surface area (Å²) in [5.41, 5.74) is 5.21. The van der Waals surface area contributed by atoms with Crippen molar-refractivity contribution in [2.75, 3.05) is 11.9 Å². The minimum Gasteiger partial charge on any atom is -0.483 e. The van der Waals surface area contributed by atoms with Crippen molar-refractivity contribution in [2.24, 2.45) is 0 Å². The molecule has 0 fully saturated rings. The number of carbonyl (C=O) groups is 1. The van der Waals surface area contributed by atoms with E-state index in [-0.39, 0.29) is 12.5 Å². The molecule has 4 aromatic rings. The maximum Gasteiger partial charge on any atom is 0.336 e. The Morgan fingerprint density at radius 1 is 0.935 bits per heavy atom. The number of carbonyl (C=O) groups excluding carboxylic acids is 1. The normalized spacial score (nSPS) is 10.8. The number of rotatable bonds is 5. The van der Waals surface area contributed by atoms with Crippen LogP contribution < -0.4 is 15.7 Å². The number of amides is 1. The van der Waals surface area contributed by atoms with Crippen molar-refractivity contribution < 1.29 is 13.9 Å². The highest BCUT2D eigenvalue weighted by molar-refractivity contribution is 5.96. The quantitative estimate of drug-likeness (QED) is 0.445. The summed E-state index contributed by atoms with van der Waals surface area (Å²) >= 11 is 0. The molecular formula is C26H23NO4. The third-order valence-electron chi connectivity index (χ3n) is 5.30. The fraction of sp³-hybridized carbons (Fsp3) is 0.154. The fourth-order valence-electron chi connectivity index (χ4n) is 3.69. The van der Waals surface area contributed by atoms with Gasteiger partial charge in [-0.05, 0) is 55.2 Å². The van der Waals surface area contributed by atoms with E-state index in [1.54, 1.807) is 6.07 Å². The Bertz CT molecular complexity index is 1300. The highest BCUT2D eigenvalue weighted by atomic mass is 16.5. The van der Waals surface area contributed by atoms with Crippen LogP contribution in [0.25, 0.3) is 22.1 Å². The smallest absolute Gasteiger partial charge is 0.336 e. The maximum atomic E-state index is 12.4. The molecule has 0 aliphatic carbocycles. The summed E-state index contributed by atoms with van der Waals surface area (Å²) in [4.78, 5) is 24.7. The molecule has 1 aromatic heterocycles. The van der Waals surface area contributed by atoms with Crippen molar-refractivity contribution in [3.63, 3.8) is 0 Å².